The highest BCUT2D eigenvalue weighted by Gasteiger charge is 2.39. The predicted molar refractivity (Wildman–Crippen MR) is 53.0 cm³/mol. The zero-order valence-electron chi connectivity index (χ0n) is 8.85. The molecule has 74 valence electrons. The third-order valence-electron chi connectivity index (χ3n) is 3.27. The lowest BCUT2D eigenvalue weighted by molar-refractivity contribution is -0.0651. The molecule has 0 saturated heterocycles. The van der Waals surface area contributed by atoms with Crippen LogP contribution in [0.4, 0.5) is 0 Å². The predicted octanol–water partition coefficient (Wildman–Crippen LogP) is 1.91. The van der Waals surface area contributed by atoms with Crippen molar-refractivity contribution in [3.8, 4) is 0 Å². The normalized spacial score (nSPS) is 21.5. The van der Waals surface area contributed by atoms with Crippen molar-refractivity contribution in [2.75, 3.05) is 6.54 Å². The van der Waals surface area contributed by atoms with Crippen molar-refractivity contribution in [3.63, 3.8) is 0 Å². The first-order chi connectivity index (χ1) is 5.43. The fraction of sp³-hybridized carbons (Fsp3) is 1.00. The van der Waals surface area contributed by atoms with Gasteiger partial charge in [-0.15, -0.1) is 0 Å². The van der Waals surface area contributed by atoms with Gasteiger partial charge in [-0.1, -0.05) is 27.2 Å². The molecule has 0 aromatic heterocycles. The molecule has 2 nitrogen and oxygen atoms in total. The van der Waals surface area contributed by atoms with Gasteiger partial charge >= 0.3 is 0 Å². The Hall–Kier alpha value is -0.0800. The largest absolute Gasteiger partial charge is 0.390 e. The first-order valence-electron chi connectivity index (χ1n) is 4.86. The zero-order chi connectivity index (χ0) is 9.83. The lowest BCUT2D eigenvalue weighted by Gasteiger charge is -2.41. The van der Waals surface area contributed by atoms with Gasteiger partial charge in [-0.05, 0) is 19.8 Å². The molecule has 0 fully saturated rings. The minimum Gasteiger partial charge on any atom is -0.390 e. The Morgan fingerprint density at radius 3 is 2.00 bits per heavy atom. The van der Waals surface area contributed by atoms with E-state index < -0.39 is 5.60 Å². The molecule has 0 radical (unpaired) electrons. The van der Waals surface area contributed by atoms with E-state index >= 15 is 0 Å². The summed E-state index contributed by atoms with van der Waals surface area (Å²) < 4.78 is 0. The van der Waals surface area contributed by atoms with E-state index in [1.807, 2.05) is 6.92 Å². The Balaban J connectivity index is 4.46. The molecule has 0 bridgehead atoms. The summed E-state index contributed by atoms with van der Waals surface area (Å²) in [5.41, 5.74) is 4.92. The number of nitrogens with two attached hydrogens (primary N) is 1. The van der Waals surface area contributed by atoms with Crippen molar-refractivity contribution in [1.29, 1.82) is 0 Å². The summed E-state index contributed by atoms with van der Waals surface area (Å²) in [6.45, 7) is 8.67. The van der Waals surface area contributed by atoms with Crippen LogP contribution in [0, 0.1) is 5.41 Å². The summed E-state index contributed by atoms with van der Waals surface area (Å²) in [7, 11) is 0. The standard InChI is InChI=1S/C10H23NO/c1-5-7-10(4,12)9(3,6-2)8-11/h12H,5-8,11H2,1-4H3. The smallest absolute Gasteiger partial charge is 0.0684 e. The van der Waals surface area contributed by atoms with E-state index in [9.17, 15) is 5.11 Å². The van der Waals surface area contributed by atoms with Crippen LogP contribution in [0.1, 0.15) is 47.0 Å². The topological polar surface area (TPSA) is 46.2 Å². The molecule has 0 spiro atoms. The molecule has 0 aliphatic carbocycles. The van der Waals surface area contributed by atoms with Gasteiger partial charge in [0.15, 0.2) is 0 Å². The van der Waals surface area contributed by atoms with Crippen molar-refractivity contribution < 1.29 is 5.11 Å². The van der Waals surface area contributed by atoms with Crippen LogP contribution >= 0.6 is 0 Å². The lowest BCUT2D eigenvalue weighted by atomic mass is 9.70. The third-order valence-corrected chi connectivity index (χ3v) is 3.27. The molecule has 0 aromatic rings. The Bertz CT molecular complexity index is 128. The molecule has 0 aromatic carbocycles. The van der Waals surface area contributed by atoms with E-state index in [2.05, 4.69) is 20.8 Å². The molecule has 12 heavy (non-hydrogen) atoms. The second-order valence-corrected chi connectivity index (χ2v) is 4.14. The molecule has 0 heterocycles. The highest BCUT2D eigenvalue weighted by molar-refractivity contribution is 4.92. The molecular weight excluding hydrogens is 150 g/mol. The minimum absolute atomic E-state index is 0.136. The van der Waals surface area contributed by atoms with Crippen LogP contribution in [0.5, 0.6) is 0 Å². The maximum atomic E-state index is 10.2. The Morgan fingerprint density at radius 1 is 1.25 bits per heavy atom. The summed E-state index contributed by atoms with van der Waals surface area (Å²) in [6, 6.07) is 0. The molecule has 0 saturated carbocycles. The SMILES string of the molecule is CCCC(C)(O)C(C)(CC)CN. The van der Waals surface area contributed by atoms with Crippen LogP contribution in [-0.4, -0.2) is 17.3 Å². The van der Waals surface area contributed by atoms with Crippen LogP contribution in [0.3, 0.4) is 0 Å². The Morgan fingerprint density at radius 2 is 1.75 bits per heavy atom. The Kier molecular flexibility index (Phi) is 4.21. The van der Waals surface area contributed by atoms with E-state index in [1.165, 1.54) is 0 Å². The lowest BCUT2D eigenvalue weighted by Crippen LogP contribution is -2.48. The second-order valence-electron chi connectivity index (χ2n) is 4.14. The highest BCUT2D eigenvalue weighted by Crippen LogP contribution is 2.36. The van der Waals surface area contributed by atoms with E-state index in [0.29, 0.717) is 6.54 Å². The quantitative estimate of drug-likeness (QED) is 0.667. The van der Waals surface area contributed by atoms with Gasteiger partial charge in [0.1, 0.15) is 0 Å². The number of hydrogen-bond acceptors (Lipinski definition) is 2. The van der Waals surface area contributed by atoms with Crippen molar-refractivity contribution in [3.05, 3.63) is 0 Å². The molecule has 2 heteroatoms. The average molecular weight is 173 g/mol. The fourth-order valence-electron chi connectivity index (χ4n) is 1.53. The van der Waals surface area contributed by atoms with Crippen LogP contribution in [0.25, 0.3) is 0 Å². The van der Waals surface area contributed by atoms with Gasteiger partial charge in [0.05, 0.1) is 5.60 Å². The summed E-state index contributed by atoms with van der Waals surface area (Å²) in [5, 5.41) is 10.2. The molecular formula is C10H23NO. The summed E-state index contributed by atoms with van der Waals surface area (Å²) in [4.78, 5) is 0. The molecule has 0 amide bonds. The maximum Gasteiger partial charge on any atom is 0.0684 e. The van der Waals surface area contributed by atoms with Gasteiger partial charge in [0.2, 0.25) is 0 Å². The van der Waals surface area contributed by atoms with Gasteiger partial charge in [0.25, 0.3) is 0 Å². The minimum atomic E-state index is -0.620. The van der Waals surface area contributed by atoms with Gasteiger partial charge < -0.3 is 10.8 Å². The van der Waals surface area contributed by atoms with Crippen molar-refractivity contribution >= 4 is 0 Å². The van der Waals surface area contributed by atoms with E-state index in [1.54, 1.807) is 0 Å². The first kappa shape index (κ1) is 11.9. The Labute approximate surface area is 76.2 Å². The first-order valence-corrected chi connectivity index (χ1v) is 4.86. The van der Waals surface area contributed by atoms with E-state index in [0.717, 1.165) is 19.3 Å². The van der Waals surface area contributed by atoms with Crippen molar-refractivity contribution in [2.24, 2.45) is 11.1 Å². The monoisotopic (exact) mass is 173 g/mol. The van der Waals surface area contributed by atoms with E-state index in [4.69, 9.17) is 5.73 Å². The van der Waals surface area contributed by atoms with Crippen LogP contribution in [0.15, 0.2) is 0 Å². The molecule has 2 unspecified atom stereocenters. The van der Waals surface area contributed by atoms with Gasteiger partial charge in [0, 0.05) is 12.0 Å². The van der Waals surface area contributed by atoms with Gasteiger partial charge in [-0.25, -0.2) is 0 Å². The van der Waals surface area contributed by atoms with Crippen molar-refractivity contribution in [1.82, 2.24) is 0 Å². The molecule has 3 N–H and O–H groups in total. The van der Waals surface area contributed by atoms with Crippen molar-refractivity contribution in [2.45, 2.75) is 52.6 Å². The number of aliphatic hydroxyl groups is 1. The third kappa shape index (κ3) is 2.20. The second kappa shape index (κ2) is 4.24. The van der Waals surface area contributed by atoms with E-state index in [-0.39, 0.29) is 5.41 Å². The average Bonchev–Trinajstić information content (AvgIpc) is 2.02. The zero-order valence-corrected chi connectivity index (χ0v) is 8.85. The van der Waals surface area contributed by atoms with Crippen LogP contribution < -0.4 is 5.73 Å². The van der Waals surface area contributed by atoms with Gasteiger partial charge in [-0.2, -0.15) is 0 Å². The van der Waals surface area contributed by atoms with Crippen LogP contribution in [-0.2, 0) is 0 Å². The molecule has 0 rings (SSSR count). The number of rotatable bonds is 5. The molecule has 0 aliphatic heterocycles. The summed E-state index contributed by atoms with van der Waals surface area (Å²) in [6.07, 6.45) is 2.76. The molecule has 0 aliphatic rings. The number of hydrogen-bond donors (Lipinski definition) is 2. The van der Waals surface area contributed by atoms with Crippen LogP contribution in [0.2, 0.25) is 0 Å². The van der Waals surface area contributed by atoms with Gasteiger partial charge in [-0.3, -0.25) is 0 Å². The molecule has 2 atom stereocenters. The maximum absolute atomic E-state index is 10.2. The summed E-state index contributed by atoms with van der Waals surface area (Å²) >= 11 is 0. The summed E-state index contributed by atoms with van der Waals surface area (Å²) in [5.74, 6) is 0. The highest BCUT2D eigenvalue weighted by atomic mass is 16.3. The fourth-order valence-corrected chi connectivity index (χ4v) is 1.53.